The van der Waals surface area contributed by atoms with Crippen molar-refractivity contribution in [3.05, 3.63) is 70.0 Å². The topological polar surface area (TPSA) is 21.3 Å². The first-order valence-corrected chi connectivity index (χ1v) is 6.79. The molecule has 0 saturated heterocycles. The molecule has 2 rings (SSSR count). The van der Waals surface area contributed by atoms with Crippen molar-refractivity contribution in [1.29, 1.82) is 0 Å². The number of ether oxygens (including phenoxy) is 1. The number of benzene rings is 2. The van der Waals surface area contributed by atoms with E-state index in [9.17, 15) is 4.39 Å². The summed E-state index contributed by atoms with van der Waals surface area (Å²) in [6.45, 7) is 1.79. The van der Waals surface area contributed by atoms with Crippen LogP contribution < -0.4 is 5.32 Å². The Labute approximate surface area is 123 Å². The molecule has 4 heteroatoms. The third-order valence-electron chi connectivity index (χ3n) is 3.06. The van der Waals surface area contributed by atoms with E-state index in [1.165, 1.54) is 17.7 Å². The molecule has 1 N–H and O–H groups in total. The fraction of sp³-hybridized carbons (Fsp3) is 0.250. The Bertz CT molecular complexity index is 574. The second-order valence-corrected chi connectivity index (χ2v) is 4.95. The fourth-order valence-corrected chi connectivity index (χ4v) is 2.22. The van der Waals surface area contributed by atoms with Crippen molar-refractivity contribution in [1.82, 2.24) is 5.32 Å². The van der Waals surface area contributed by atoms with E-state index in [1.807, 2.05) is 18.2 Å². The summed E-state index contributed by atoms with van der Waals surface area (Å²) in [7, 11) is 1.68. The van der Waals surface area contributed by atoms with Gasteiger partial charge in [0.15, 0.2) is 0 Å². The van der Waals surface area contributed by atoms with Crippen molar-refractivity contribution in [3.8, 4) is 0 Å². The van der Waals surface area contributed by atoms with Crippen LogP contribution >= 0.6 is 11.6 Å². The van der Waals surface area contributed by atoms with Gasteiger partial charge in [-0.25, -0.2) is 4.39 Å². The second kappa shape index (κ2) is 7.39. The van der Waals surface area contributed by atoms with Gasteiger partial charge in [0.25, 0.3) is 0 Å². The molecule has 0 saturated carbocycles. The molecule has 0 aliphatic rings. The van der Waals surface area contributed by atoms with E-state index in [0.717, 1.165) is 11.1 Å². The highest BCUT2D eigenvalue weighted by Gasteiger charge is 2.04. The lowest BCUT2D eigenvalue weighted by molar-refractivity contribution is 0.184. The molecule has 0 atom stereocenters. The van der Waals surface area contributed by atoms with Crippen LogP contribution in [0.1, 0.15) is 16.7 Å². The lowest BCUT2D eigenvalue weighted by Gasteiger charge is -2.11. The van der Waals surface area contributed by atoms with E-state index in [4.69, 9.17) is 16.3 Å². The van der Waals surface area contributed by atoms with Gasteiger partial charge in [-0.2, -0.15) is 0 Å². The van der Waals surface area contributed by atoms with Gasteiger partial charge >= 0.3 is 0 Å². The maximum atomic E-state index is 13.2. The van der Waals surface area contributed by atoms with Crippen molar-refractivity contribution >= 4 is 11.6 Å². The zero-order valence-corrected chi connectivity index (χ0v) is 12.1. The zero-order valence-electron chi connectivity index (χ0n) is 11.3. The molecular weight excluding hydrogens is 277 g/mol. The van der Waals surface area contributed by atoms with Gasteiger partial charge in [0, 0.05) is 25.2 Å². The molecule has 0 aromatic heterocycles. The number of rotatable bonds is 6. The summed E-state index contributed by atoms with van der Waals surface area (Å²) < 4.78 is 18.3. The van der Waals surface area contributed by atoms with E-state index in [-0.39, 0.29) is 5.82 Å². The summed E-state index contributed by atoms with van der Waals surface area (Å²) in [5.74, 6) is -0.272. The monoisotopic (exact) mass is 293 g/mol. The molecule has 2 nitrogen and oxygen atoms in total. The summed E-state index contributed by atoms with van der Waals surface area (Å²) in [4.78, 5) is 0. The predicted molar refractivity (Wildman–Crippen MR) is 79.1 cm³/mol. The number of methoxy groups -OCH3 is 1. The van der Waals surface area contributed by atoms with Crippen LogP contribution in [0.15, 0.2) is 42.5 Å². The largest absolute Gasteiger partial charge is 0.380 e. The Kier molecular flexibility index (Phi) is 5.53. The average molecular weight is 294 g/mol. The van der Waals surface area contributed by atoms with Crippen LogP contribution in [0.25, 0.3) is 0 Å². The van der Waals surface area contributed by atoms with Crippen molar-refractivity contribution < 1.29 is 9.13 Å². The summed E-state index contributed by atoms with van der Waals surface area (Å²) >= 11 is 6.03. The van der Waals surface area contributed by atoms with E-state index < -0.39 is 0 Å². The van der Waals surface area contributed by atoms with Crippen LogP contribution in [0.4, 0.5) is 4.39 Å². The Balaban J connectivity index is 1.97. The van der Waals surface area contributed by atoms with Gasteiger partial charge in [0.2, 0.25) is 0 Å². The normalized spacial score (nSPS) is 10.8. The van der Waals surface area contributed by atoms with E-state index >= 15 is 0 Å². The lowest BCUT2D eigenvalue weighted by Crippen LogP contribution is -2.14. The standard InChI is InChI=1S/C16H17ClFNO/c1-20-11-13-5-3-2-4-12(13)9-19-10-14-8-15(18)6-7-16(14)17/h2-8,19H,9-11H2,1H3. The summed E-state index contributed by atoms with van der Waals surface area (Å²) in [5.41, 5.74) is 3.07. The molecule has 20 heavy (non-hydrogen) atoms. The second-order valence-electron chi connectivity index (χ2n) is 4.54. The van der Waals surface area contributed by atoms with Gasteiger partial charge in [-0.05, 0) is 34.9 Å². The van der Waals surface area contributed by atoms with E-state index in [1.54, 1.807) is 13.2 Å². The van der Waals surface area contributed by atoms with E-state index in [2.05, 4.69) is 11.4 Å². The van der Waals surface area contributed by atoms with Gasteiger partial charge < -0.3 is 10.1 Å². The molecular formula is C16H17ClFNO. The SMILES string of the molecule is COCc1ccccc1CNCc1cc(F)ccc1Cl. The molecule has 0 unspecified atom stereocenters. The maximum absolute atomic E-state index is 13.2. The minimum absolute atomic E-state index is 0.272. The van der Waals surface area contributed by atoms with Crippen LogP contribution in [0.3, 0.4) is 0 Å². The molecule has 0 spiro atoms. The summed E-state index contributed by atoms with van der Waals surface area (Å²) in [6.07, 6.45) is 0. The smallest absolute Gasteiger partial charge is 0.123 e. The van der Waals surface area contributed by atoms with Crippen LogP contribution in [0.5, 0.6) is 0 Å². The highest BCUT2D eigenvalue weighted by molar-refractivity contribution is 6.31. The molecule has 0 aliphatic heterocycles. The predicted octanol–water partition coefficient (Wildman–Crippen LogP) is 3.92. The number of hydrogen-bond acceptors (Lipinski definition) is 2. The molecule has 2 aromatic carbocycles. The molecule has 2 aromatic rings. The third kappa shape index (κ3) is 4.04. The Hall–Kier alpha value is -1.42. The number of hydrogen-bond donors (Lipinski definition) is 1. The van der Waals surface area contributed by atoms with Crippen molar-refractivity contribution in [2.75, 3.05) is 7.11 Å². The minimum Gasteiger partial charge on any atom is -0.380 e. The number of nitrogens with one attached hydrogen (secondary N) is 1. The van der Waals surface area contributed by atoms with E-state index in [0.29, 0.717) is 24.7 Å². The highest BCUT2D eigenvalue weighted by Crippen LogP contribution is 2.17. The molecule has 0 heterocycles. The van der Waals surface area contributed by atoms with Gasteiger partial charge in [-0.1, -0.05) is 35.9 Å². The Morgan fingerprint density at radius 2 is 1.75 bits per heavy atom. The molecule has 0 fully saturated rings. The third-order valence-corrected chi connectivity index (χ3v) is 3.43. The molecule has 0 bridgehead atoms. The van der Waals surface area contributed by atoms with Crippen LogP contribution in [-0.4, -0.2) is 7.11 Å². The van der Waals surface area contributed by atoms with Crippen molar-refractivity contribution in [3.63, 3.8) is 0 Å². The first-order chi connectivity index (χ1) is 9.70. The molecule has 106 valence electrons. The fourth-order valence-electron chi connectivity index (χ4n) is 2.04. The average Bonchev–Trinajstić information content (AvgIpc) is 2.45. The first-order valence-electron chi connectivity index (χ1n) is 6.41. The quantitative estimate of drug-likeness (QED) is 0.872. The lowest BCUT2D eigenvalue weighted by atomic mass is 10.1. The van der Waals surface area contributed by atoms with Gasteiger partial charge in [0.1, 0.15) is 5.82 Å². The van der Waals surface area contributed by atoms with Gasteiger partial charge in [-0.15, -0.1) is 0 Å². The van der Waals surface area contributed by atoms with Gasteiger partial charge in [0.05, 0.1) is 6.61 Å². The van der Waals surface area contributed by atoms with Crippen LogP contribution in [-0.2, 0) is 24.4 Å². The Morgan fingerprint density at radius 1 is 1.05 bits per heavy atom. The summed E-state index contributed by atoms with van der Waals surface area (Å²) in [6, 6.07) is 12.5. The summed E-state index contributed by atoms with van der Waals surface area (Å²) in [5, 5.41) is 3.85. The highest BCUT2D eigenvalue weighted by atomic mass is 35.5. The van der Waals surface area contributed by atoms with Crippen LogP contribution in [0.2, 0.25) is 5.02 Å². The number of halogens is 2. The first kappa shape index (κ1) is 15.0. The molecule has 0 amide bonds. The Morgan fingerprint density at radius 3 is 2.50 bits per heavy atom. The van der Waals surface area contributed by atoms with Crippen molar-refractivity contribution in [2.45, 2.75) is 19.7 Å². The maximum Gasteiger partial charge on any atom is 0.123 e. The molecule has 0 aliphatic carbocycles. The van der Waals surface area contributed by atoms with Crippen molar-refractivity contribution in [2.24, 2.45) is 0 Å². The zero-order chi connectivity index (χ0) is 14.4. The molecule has 0 radical (unpaired) electrons. The van der Waals surface area contributed by atoms with Gasteiger partial charge in [-0.3, -0.25) is 0 Å². The minimum atomic E-state index is -0.272. The van der Waals surface area contributed by atoms with Crippen LogP contribution in [0, 0.1) is 5.82 Å².